The molecule has 0 radical (unpaired) electrons. The van der Waals surface area contributed by atoms with Crippen molar-refractivity contribution >= 4 is 17.5 Å². The molecule has 0 saturated heterocycles. The van der Waals surface area contributed by atoms with Crippen molar-refractivity contribution in [3.8, 4) is 11.5 Å². The van der Waals surface area contributed by atoms with Crippen molar-refractivity contribution in [3.63, 3.8) is 0 Å². The highest BCUT2D eigenvalue weighted by atomic mass is 16.5. The average molecular weight is 412 g/mol. The molecule has 0 saturated carbocycles. The zero-order valence-electron chi connectivity index (χ0n) is 17.7. The third kappa shape index (κ3) is 4.91. The lowest BCUT2D eigenvalue weighted by Gasteiger charge is -2.33. The summed E-state index contributed by atoms with van der Waals surface area (Å²) in [7, 11) is 0. The Labute approximate surface area is 177 Å². The Balaban J connectivity index is 1.69. The summed E-state index contributed by atoms with van der Waals surface area (Å²) in [5.41, 5.74) is 8.68. The van der Waals surface area contributed by atoms with E-state index in [1.165, 1.54) is 5.56 Å². The largest absolute Gasteiger partial charge is 0.490 e. The molecule has 3 rings (SSSR count). The van der Waals surface area contributed by atoms with E-state index in [1.54, 1.807) is 24.3 Å². The molecule has 2 aromatic rings. The van der Waals surface area contributed by atoms with Crippen molar-refractivity contribution < 1.29 is 19.1 Å². The zero-order valence-corrected chi connectivity index (χ0v) is 17.7. The Bertz CT molecular complexity index is 911. The molecule has 0 unspecified atom stereocenters. The molecule has 3 N–H and O–H groups in total. The summed E-state index contributed by atoms with van der Waals surface area (Å²) >= 11 is 0. The van der Waals surface area contributed by atoms with Gasteiger partial charge in [0, 0.05) is 24.3 Å². The normalized spacial score (nSPS) is 14.5. The summed E-state index contributed by atoms with van der Waals surface area (Å²) < 4.78 is 11.5. The molecule has 30 heavy (non-hydrogen) atoms. The number of anilines is 1. The minimum atomic E-state index is -0.493. The highest BCUT2D eigenvalue weighted by molar-refractivity contribution is 5.96. The SMILES string of the molecule is CCOc1cc2c(cc1OCC)CN([C@@H](C)C(=O)Nc1ccc(C(N)=O)cc1)CC2. The number of hydrogen-bond donors (Lipinski definition) is 2. The summed E-state index contributed by atoms with van der Waals surface area (Å²) in [6, 6.07) is 10.3. The summed E-state index contributed by atoms with van der Waals surface area (Å²) in [6.07, 6.45) is 0.840. The molecular formula is C23H29N3O4. The number of nitrogens with two attached hydrogens (primary N) is 1. The third-order valence-electron chi connectivity index (χ3n) is 5.27. The van der Waals surface area contributed by atoms with Gasteiger partial charge in [0.05, 0.1) is 19.3 Å². The molecule has 0 bridgehead atoms. The van der Waals surface area contributed by atoms with Crippen molar-refractivity contribution in [2.75, 3.05) is 25.1 Å². The van der Waals surface area contributed by atoms with Gasteiger partial charge in [0.15, 0.2) is 11.5 Å². The van der Waals surface area contributed by atoms with Crippen LogP contribution in [0.4, 0.5) is 5.69 Å². The molecule has 0 aromatic heterocycles. The predicted octanol–water partition coefficient (Wildman–Crippen LogP) is 2.97. The summed E-state index contributed by atoms with van der Waals surface area (Å²) in [5, 5.41) is 2.91. The van der Waals surface area contributed by atoms with E-state index in [2.05, 4.69) is 16.3 Å². The van der Waals surface area contributed by atoms with E-state index in [-0.39, 0.29) is 11.9 Å². The monoisotopic (exact) mass is 411 g/mol. The summed E-state index contributed by atoms with van der Waals surface area (Å²) in [5.74, 6) is 0.928. The molecule has 7 nitrogen and oxygen atoms in total. The molecule has 1 heterocycles. The Kier molecular flexibility index (Phi) is 6.95. The standard InChI is InChI=1S/C23H29N3O4/c1-4-29-20-12-17-10-11-26(14-18(17)13-21(20)30-5-2)15(3)23(28)25-19-8-6-16(7-9-19)22(24)27/h6-9,12-13,15H,4-5,10-11,14H2,1-3H3,(H2,24,27)(H,25,28)/t15-/m0/s1. The number of amides is 2. The lowest BCUT2D eigenvalue weighted by Crippen LogP contribution is -2.44. The van der Waals surface area contributed by atoms with E-state index in [9.17, 15) is 9.59 Å². The van der Waals surface area contributed by atoms with E-state index in [0.717, 1.165) is 30.0 Å². The molecule has 160 valence electrons. The Morgan fingerprint density at radius 2 is 1.67 bits per heavy atom. The maximum Gasteiger partial charge on any atom is 0.248 e. The van der Waals surface area contributed by atoms with Crippen LogP contribution < -0.4 is 20.5 Å². The van der Waals surface area contributed by atoms with Gasteiger partial charge < -0.3 is 20.5 Å². The topological polar surface area (TPSA) is 93.9 Å². The molecule has 1 aliphatic rings. The number of fused-ring (bicyclic) bond motifs is 1. The van der Waals surface area contributed by atoms with E-state index in [1.807, 2.05) is 26.8 Å². The minimum Gasteiger partial charge on any atom is -0.490 e. The first-order valence-corrected chi connectivity index (χ1v) is 10.3. The molecule has 2 amide bonds. The Morgan fingerprint density at radius 3 is 2.23 bits per heavy atom. The second kappa shape index (κ2) is 9.63. The van der Waals surface area contributed by atoms with Crippen molar-refractivity contribution in [1.82, 2.24) is 4.90 Å². The number of nitrogens with one attached hydrogen (secondary N) is 1. The van der Waals surface area contributed by atoms with Gasteiger partial charge in [-0.2, -0.15) is 0 Å². The number of primary amides is 1. The fraction of sp³-hybridized carbons (Fsp3) is 0.391. The molecule has 2 aromatic carbocycles. The fourth-order valence-corrected chi connectivity index (χ4v) is 3.58. The maximum atomic E-state index is 12.8. The Hall–Kier alpha value is -3.06. The fourth-order valence-electron chi connectivity index (χ4n) is 3.58. The zero-order chi connectivity index (χ0) is 21.7. The summed E-state index contributed by atoms with van der Waals surface area (Å²) in [4.78, 5) is 26.1. The van der Waals surface area contributed by atoms with Crippen LogP contribution in [0, 0.1) is 0 Å². The van der Waals surface area contributed by atoms with Crippen LogP contribution in [0.5, 0.6) is 11.5 Å². The van der Waals surface area contributed by atoms with Gasteiger partial charge in [-0.15, -0.1) is 0 Å². The van der Waals surface area contributed by atoms with E-state index in [0.29, 0.717) is 31.0 Å². The van der Waals surface area contributed by atoms with Crippen LogP contribution in [-0.4, -0.2) is 42.5 Å². The number of nitrogens with zero attached hydrogens (tertiary/aromatic N) is 1. The van der Waals surface area contributed by atoms with Gasteiger partial charge in [0.1, 0.15) is 0 Å². The first-order chi connectivity index (χ1) is 14.4. The first-order valence-electron chi connectivity index (χ1n) is 10.3. The highest BCUT2D eigenvalue weighted by Crippen LogP contribution is 2.34. The number of rotatable bonds is 8. The van der Waals surface area contributed by atoms with Gasteiger partial charge >= 0.3 is 0 Å². The van der Waals surface area contributed by atoms with Gasteiger partial charge in [-0.3, -0.25) is 14.5 Å². The molecule has 1 aliphatic heterocycles. The average Bonchev–Trinajstić information content (AvgIpc) is 2.74. The number of hydrogen-bond acceptors (Lipinski definition) is 5. The number of ether oxygens (including phenoxy) is 2. The lowest BCUT2D eigenvalue weighted by molar-refractivity contribution is -0.121. The van der Waals surface area contributed by atoms with Crippen LogP contribution in [0.2, 0.25) is 0 Å². The van der Waals surface area contributed by atoms with Gasteiger partial charge in [-0.25, -0.2) is 0 Å². The molecular weight excluding hydrogens is 382 g/mol. The number of benzene rings is 2. The third-order valence-corrected chi connectivity index (χ3v) is 5.27. The molecule has 1 atom stereocenters. The number of carbonyl (C=O) groups excluding carboxylic acids is 2. The molecule has 0 spiro atoms. The second-order valence-electron chi connectivity index (χ2n) is 7.26. The van der Waals surface area contributed by atoms with Crippen LogP contribution in [0.25, 0.3) is 0 Å². The van der Waals surface area contributed by atoms with Gasteiger partial charge in [-0.05, 0) is 74.7 Å². The van der Waals surface area contributed by atoms with Crippen molar-refractivity contribution in [2.45, 2.75) is 39.8 Å². The molecule has 7 heteroatoms. The highest BCUT2D eigenvalue weighted by Gasteiger charge is 2.27. The van der Waals surface area contributed by atoms with Crippen molar-refractivity contribution in [1.29, 1.82) is 0 Å². The van der Waals surface area contributed by atoms with Crippen molar-refractivity contribution in [3.05, 3.63) is 53.1 Å². The Morgan fingerprint density at radius 1 is 1.07 bits per heavy atom. The molecule has 0 aliphatic carbocycles. The molecule has 0 fully saturated rings. The van der Waals surface area contributed by atoms with E-state index < -0.39 is 5.91 Å². The van der Waals surface area contributed by atoms with Gasteiger partial charge in [0.25, 0.3) is 0 Å². The predicted molar refractivity (Wildman–Crippen MR) is 116 cm³/mol. The van der Waals surface area contributed by atoms with Crippen LogP contribution in [-0.2, 0) is 17.8 Å². The van der Waals surface area contributed by atoms with Crippen LogP contribution in [0.1, 0.15) is 42.3 Å². The maximum absolute atomic E-state index is 12.8. The summed E-state index contributed by atoms with van der Waals surface area (Å²) in [6.45, 7) is 8.40. The van der Waals surface area contributed by atoms with Gasteiger partial charge in [-0.1, -0.05) is 0 Å². The van der Waals surface area contributed by atoms with Gasteiger partial charge in [0.2, 0.25) is 11.8 Å². The van der Waals surface area contributed by atoms with Crippen LogP contribution in [0.3, 0.4) is 0 Å². The minimum absolute atomic E-state index is 0.0961. The van der Waals surface area contributed by atoms with E-state index in [4.69, 9.17) is 15.2 Å². The number of carbonyl (C=O) groups is 2. The van der Waals surface area contributed by atoms with Crippen LogP contribution >= 0.6 is 0 Å². The van der Waals surface area contributed by atoms with Crippen molar-refractivity contribution in [2.24, 2.45) is 5.73 Å². The lowest BCUT2D eigenvalue weighted by atomic mass is 9.97. The quantitative estimate of drug-likeness (QED) is 0.697. The van der Waals surface area contributed by atoms with E-state index >= 15 is 0 Å². The smallest absolute Gasteiger partial charge is 0.248 e. The first kappa shape index (κ1) is 21.6. The second-order valence-corrected chi connectivity index (χ2v) is 7.26. The van der Waals surface area contributed by atoms with Crippen LogP contribution in [0.15, 0.2) is 36.4 Å².